The van der Waals surface area contributed by atoms with Crippen molar-refractivity contribution in [2.24, 2.45) is 0 Å². The van der Waals surface area contributed by atoms with E-state index in [-0.39, 0.29) is 16.7 Å². The number of carbonyl (C=O) groups is 1. The van der Waals surface area contributed by atoms with E-state index in [4.69, 9.17) is 11.6 Å². The number of nitrogens with one attached hydrogen (secondary N) is 1. The molecule has 0 bridgehead atoms. The zero-order chi connectivity index (χ0) is 14.8. The van der Waals surface area contributed by atoms with Gasteiger partial charge in [-0.05, 0) is 42.5 Å². The summed E-state index contributed by atoms with van der Waals surface area (Å²) in [4.78, 5) is 16.5. The molecule has 0 aliphatic carbocycles. The molecule has 1 aromatic heterocycles. The summed E-state index contributed by atoms with van der Waals surface area (Å²) in [5.41, 5.74) is 1.85. The predicted molar refractivity (Wildman–Crippen MR) is 82.8 cm³/mol. The zero-order valence-corrected chi connectivity index (χ0v) is 11.6. The molecule has 5 heteroatoms. The first-order valence-electron chi connectivity index (χ1n) is 6.29. The SMILES string of the molecule is O=C(Nc1cccc2ncccc12)c1ccc(O)c(Cl)c1. The lowest BCUT2D eigenvalue weighted by Crippen LogP contribution is -2.12. The molecule has 104 valence electrons. The van der Waals surface area contributed by atoms with Gasteiger partial charge < -0.3 is 10.4 Å². The van der Waals surface area contributed by atoms with Gasteiger partial charge in [0, 0.05) is 17.1 Å². The predicted octanol–water partition coefficient (Wildman–Crippen LogP) is 3.85. The number of amides is 1. The van der Waals surface area contributed by atoms with Crippen molar-refractivity contribution in [1.82, 2.24) is 4.98 Å². The molecule has 21 heavy (non-hydrogen) atoms. The number of phenolic OH excluding ortho intramolecular Hbond substituents is 1. The van der Waals surface area contributed by atoms with Gasteiger partial charge in [-0.1, -0.05) is 17.7 Å². The fourth-order valence-electron chi connectivity index (χ4n) is 2.05. The first-order valence-corrected chi connectivity index (χ1v) is 6.66. The normalized spacial score (nSPS) is 10.5. The number of aromatic hydroxyl groups is 1. The summed E-state index contributed by atoms with van der Waals surface area (Å²) < 4.78 is 0. The van der Waals surface area contributed by atoms with Gasteiger partial charge in [0.2, 0.25) is 0 Å². The molecule has 0 fully saturated rings. The van der Waals surface area contributed by atoms with E-state index >= 15 is 0 Å². The Morgan fingerprint density at radius 2 is 2.00 bits per heavy atom. The van der Waals surface area contributed by atoms with Crippen LogP contribution in [0.5, 0.6) is 5.75 Å². The van der Waals surface area contributed by atoms with Gasteiger partial charge in [-0.15, -0.1) is 0 Å². The van der Waals surface area contributed by atoms with E-state index in [9.17, 15) is 9.90 Å². The fraction of sp³-hybridized carbons (Fsp3) is 0. The molecule has 3 aromatic rings. The van der Waals surface area contributed by atoms with Crippen LogP contribution in [-0.4, -0.2) is 16.0 Å². The highest BCUT2D eigenvalue weighted by Crippen LogP contribution is 2.25. The van der Waals surface area contributed by atoms with Gasteiger partial charge in [-0.25, -0.2) is 0 Å². The number of carbonyl (C=O) groups excluding carboxylic acids is 1. The molecule has 0 saturated heterocycles. The van der Waals surface area contributed by atoms with Crippen LogP contribution in [0.3, 0.4) is 0 Å². The number of hydrogen-bond donors (Lipinski definition) is 2. The topological polar surface area (TPSA) is 62.2 Å². The Bertz CT molecular complexity index is 828. The Labute approximate surface area is 126 Å². The average Bonchev–Trinajstić information content (AvgIpc) is 2.50. The minimum absolute atomic E-state index is 0.0532. The van der Waals surface area contributed by atoms with Crippen LogP contribution in [0, 0.1) is 0 Å². The minimum Gasteiger partial charge on any atom is -0.506 e. The molecule has 0 saturated carbocycles. The van der Waals surface area contributed by atoms with Crippen molar-refractivity contribution < 1.29 is 9.90 Å². The summed E-state index contributed by atoms with van der Waals surface area (Å²) in [6.07, 6.45) is 1.70. The Kier molecular flexibility index (Phi) is 3.46. The van der Waals surface area contributed by atoms with E-state index in [1.807, 2.05) is 30.3 Å². The van der Waals surface area contributed by atoms with Gasteiger partial charge in [-0.3, -0.25) is 9.78 Å². The minimum atomic E-state index is -0.298. The zero-order valence-electron chi connectivity index (χ0n) is 10.9. The molecule has 0 radical (unpaired) electrons. The lowest BCUT2D eigenvalue weighted by atomic mass is 10.1. The van der Waals surface area contributed by atoms with E-state index in [2.05, 4.69) is 10.3 Å². The number of fused-ring (bicyclic) bond motifs is 1. The maximum atomic E-state index is 12.2. The maximum absolute atomic E-state index is 12.2. The summed E-state index contributed by atoms with van der Waals surface area (Å²) in [6, 6.07) is 13.6. The van der Waals surface area contributed by atoms with Crippen molar-refractivity contribution in [3.05, 3.63) is 65.3 Å². The lowest BCUT2D eigenvalue weighted by Gasteiger charge is -2.08. The number of aromatic nitrogens is 1. The molecule has 1 heterocycles. The monoisotopic (exact) mass is 298 g/mol. The fourth-order valence-corrected chi connectivity index (χ4v) is 2.24. The highest BCUT2D eigenvalue weighted by atomic mass is 35.5. The van der Waals surface area contributed by atoms with Crippen LogP contribution in [0.25, 0.3) is 10.9 Å². The van der Waals surface area contributed by atoms with Gasteiger partial charge in [-0.2, -0.15) is 0 Å². The van der Waals surface area contributed by atoms with Gasteiger partial charge in [0.15, 0.2) is 0 Å². The van der Waals surface area contributed by atoms with Crippen LogP contribution in [0.15, 0.2) is 54.7 Å². The molecule has 0 atom stereocenters. The largest absolute Gasteiger partial charge is 0.506 e. The molecule has 0 aliphatic rings. The van der Waals surface area contributed by atoms with Crippen molar-refractivity contribution >= 4 is 34.1 Å². The number of rotatable bonds is 2. The van der Waals surface area contributed by atoms with Gasteiger partial charge >= 0.3 is 0 Å². The number of nitrogens with zero attached hydrogens (tertiary/aromatic N) is 1. The van der Waals surface area contributed by atoms with E-state index < -0.39 is 0 Å². The van der Waals surface area contributed by atoms with E-state index in [0.717, 1.165) is 10.9 Å². The summed E-state index contributed by atoms with van der Waals surface area (Å²) in [6.45, 7) is 0. The van der Waals surface area contributed by atoms with Crippen LogP contribution in [0.2, 0.25) is 5.02 Å². The van der Waals surface area contributed by atoms with Gasteiger partial charge in [0.1, 0.15) is 5.75 Å². The molecule has 2 aromatic carbocycles. The van der Waals surface area contributed by atoms with Crippen LogP contribution in [0.1, 0.15) is 10.4 Å². The second-order valence-corrected chi connectivity index (χ2v) is 4.90. The van der Waals surface area contributed by atoms with E-state index in [1.54, 1.807) is 6.20 Å². The molecule has 4 nitrogen and oxygen atoms in total. The van der Waals surface area contributed by atoms with Crippen LogP contribution < -0.4 is 5.32 Å². The Balaban J connectivity index is 1.94. The van der Waals surface area contributed by atoms with Crippen molar-refractivity contribution in [3.8, 4) is 5.75 Å². The van der Waals surface area contributed by atoms with E-state index in [0.29, 0.717) is 11.3 Å². The Hall–Kier alpha value is -2.59. The highest BCUT2D eigenvalue weighted by Gasteiger charge is 2.10. The number of benzene rings is 2. The summed E-state index contributed by atoms with van der Waals surface area (Å²) in [5, 5.41) is 13.2. The summed E-state index contributed by atoms with van der Waals surface area (Å²) in [5.74, 6) is -0.351. The van der Waals surface area contributed by atoms with Crippen molar-refractivity contribution in [3.63, 3.8) is 0 Å². The maximum Gasteiger partial charge on any atom is 0.255 e. The van der Waals surface area contributed by atoms with Crippen LogP contribution >= 0.6 is 11.6 Å². The summed E-state index contributed by atoms with van der Waals surface area (Å²) in [7, 11) is 0. The number of halogens is 1. The molecule has 1 amide bonds. The van der Waals surface area contributed by atoms with Crippen LogP contribution in [0.4, 0.5) is 5.69 Å². The summed E-state index contributed by atoms with van der Waals surface area (Å²) >= 11 is 5.82. The second kappa shape index (κ2) is 5.42. The van der Waals surface area contributed by atoms with Crippen molar-refractivity contribution in [1.29, 1.82) is 0 Å². The lowest BCUT2D eigenvalue weighted by molar-refractivity contribution is 0.102. The average molecular weight is 299 g/mol. The smallest absolute Gasteiger partial charge is 0.255 e. The Morgan fingerprint density at radius 1 is 1.14 bits per heavy atom. The highest BCUT2D eigenvalue weighted by molar-refractivity contribution is 6.32. The molecular formula is C16H11ClN2O2. The van der Waals surface area contributed by atoms with Crippen molar-refractivity contribution in [2.75, 3.05) is 5.32 Å². The number of hydrogen-bond acceptors (Lipinski definition) is 3. The molecule has 0 unspecified atom stereocenters. The van der Waals surface area contributed by atoms with Crippen LogP contribution in [-0.2, 0) is 0 Å². The van der Waals surface area contributed by atoms with E-state index in [1.165, 1.54) is 18.2 Å². The molecule has 0 spiro atoms. The van der Waals surface area contributed by atoms with Gasteiger partial charge in [0.05, 0.1) is 16.2 Å². The molecule has 0 aliphatic heterocycles. The second-order valence-electron chi connectivity index (χ2n) is 4.50. The van der Waals surface area contributed by atoms with Crippen molar-refractivity contribution in [2.45, 2.75) is 0 Å². The first-order chi connectivity index (χ1) is 10.1. The number of phenols is 1. The molecular weight excluding hydrogens is 288 g/mol. The molecule has 3 rings (SSSR count). The number of anilines is 1. The third-order valence-corrected chi connectivity index (χ3v) is 3.41. The third-order valence-electron chi connectivity index (χ3n) is 3.10. The van der Waals surface area contributed by atoms with Gasteiger partial charge in [0.25, 0.3) is 5.91 Å². The quantitative estimate of drug-likeness (QED) is 0.755. The first kappa shape index (κ1) is 13.4. The number of pyridine rings is 1. The Morgan fingerprint density at radius 3 is 2.81 bits per heavy atom. The standard InChI is InChI=1S/C16H11ClN2O2/c17-12-9-10(6-7-15(12)20)16(21)19-14-5-1-4-13-11(14)3-2-8-18-13/h1-9,20H,(H,19,21). The third kappa shape index (κ3) is 2.66. The molecule has 2 N–H and O–H groups in total.